The number of hydrogen-bond donors (Lipinski definition) is 4. The van der Waals surface area contributed by atoms with E-state index in [0.29, 0.717) is 47.6 Å². The molecule has 0 aliphatic carbocycles. The number of amides is 4. The fraction of sp³-hybridized carbons (Fsp3) is 0.462. The summed E-state index contributed by atoms with van der Waals surface area (Å²) in [7, 11) is 3.37. The summed E-state index contributed by atoms with van der Waals surface area (Å²) in [4.78, 5) is 60.7. The highest BCUT2D eigenvalue weighted by Crippen LogP contribution is 2.29. The smallest absolute Gasteiger partial charge is 0.248 e. The van der Waals surface area contributed by atoms with Crippen molar-refractivity contribution in [3.8, 4) is 23.7 Å². The van der Waals surface area contributed by atoms with Gasteiger partial charge in [0.15, 0.2) is 0 Å². The standard InChI is InChI=1S/C52H64N14O6S2/c1-35(53-5)47(67)55-45(49(69)63-28-14-22-41(63)33-65-51(57-59-61-65)73-43-24-9-7-10-25-43)37(3)71-30-16-20-39-18-13-19-40(32-39)21-17-31-72-38(4)46(56-48(68)36(2)54-6)50(70)64-29-15-23-42(64)34-66-52(58-60-62-66)74-44-26-11-8-12-27-44/h7-13,18-19,24-27,32,35-38,41-42,45-46,53-54H,14-15,22-23,28-31,33-34H2,1-6H3,(H,55,67)(H,56,68)/t35-,36+,37+,38-,41-,42+,45-,46+. The number of aromatic nitrogens is 8. The average Bonchev–Trinajstić information content (AvgIpc) is 4.27. The van der Waals surface area contributed by atoms with Crippen LogP contribution in [-0.2, 0) is 41.7 Å². The molecule has 7 rings (SSSR count). The van der Waals surface area contributed by atoms with Crippen molar-refractivity contribution in [2.45, 2.75) is 135 Å². The van der Waals surface area contributed by atoms with Crippen LogP contribution in [0.25, 0.3) is 0 Å². The predicted octanol–water partition coefficient (Wildman–Crippen LogP) is 3.04. The van der Waals surface area contributed by atoms with Crippen LogP contribution in [0.3, 0.4) is 0 Å². The van der Waals surface area contributed by atoms with Crippen molar-refractivity contribution in [2.75, 3.05) is 40.4 Å². The average molecular weight is 1050 g/mol. The number of carbonyl (C=O) groups is 4. The van der Waals surface area contributed by atoms with Crippen molar-refractivity contribution in [1.29, 1.82) is 0 Å². The maximum atomic E-state index is 14.3. The molecular weight excluding hydrogens is 981 g/mol. The van der Waals surface area contributed by atoms with Crippen LogP contribution in [0.1, 0.15) is 64.5 Å². The first-order valence-electron chi connectivity index (χ1n) is 24.8. The van der Waals surface area contributed by atoms with E-state index < -0.39 is 36.4 Å². The Hall–Kier alpha value is -6.66. The number of likely N-dealkylation sites (tertiary alicyclic amines) is 2. The second-order valence-electron chi connectivity index (χ2n) is 18.0. The first-order valence-corrected chi connectivity index (χ1v) is 26.4. The molecule has 390 valence electrons. The minimum Gasteiger partial charge on any atom is -0.363 e. The van der Waals surface area contributed by atoms with Crippen LogP contribution >= 0.6 is 23.5 Å². The van der Waals surface area contributed by atoms with Gasteiger partial charge in [-0.2, -0.15) is 0 Å². The molecule has 2 saturated heterocycles. The Bertz CT molecular complexity index is 2590. The Morgan fingerprint density at radius 3 is 1.45 bits per heavy atom. The van der Waals surface area contributed by atoms with Crippen molar-refractivity contribution < 1.29 is 28.7 Å². The Balaban J connectivity index is 0.946. The molecule has 22 heteroatoms. The monoisotopic (exact) mass is 1040 g/mol. The molecule has 4 amide bonds. The molecule has 2 aliphatic heterocycles. The molecular formula is C52H64N14O6S2. The number of nitrogens with one attached hydrogen (secondary N) is 4. The van der Waals surface area contributed by atoms with E-state index >= 15 is 0 Å². The summed E-state index contributed by atoms with van der Waals surface area (Å²) >= 11 is 2.90. The lowest BCUT2D eigenvalue weighted by atomic mass is 10.1. The van der Waals surface area contributed by atoms with E-state index in [4.69, 9.17) is 9.47 Å². The summed E-state index contributed by atoms with van der Waals surface area (Å²) in [5, 5.41) is 37.7. The van der Waals surface area contributed by atoms with E-state index in [-0.39, 0.29) is 48.9 Å². The molecule has 0 unspecified atom stereocenters. The van der Waals surface area contributed by atoms with E-state index in [9.17, 15) is 19.2 Å². The molecule has 4 N–H and O–H groups in total. The van der Waals surface area contributed by atoms with Crippen LogP contribution < -0.4 is 21.3 Å². The second kappa shape index (κ2) is 27.6. The van der Waals surface area contributed by atoms with Crippen molar-refractivity contribution in [3.63, 3.8) is 0 Å². The number of ether oxygens (including phenoxy) is 2. The zero-order chi connectivity index (χ0) is 52.4. The molecule has 2 aromatic heterocycles. The summed E-state index contributed by atoms with van der Waals surface area (Å²) in [6, 6.07) is 23.6. The summed E-state index contributed by atoms with van der Waals surface area (Å²) in [6.07, 6.45) is 1.66. The topological polar surface area (TPSA) is 229 Å². The van der Waals surface area contributed by atoms with Gasteiger partial charge in [-0.25, -0.2) is 9.36 Å². The third-order valence-electron chi connectivity index (χ3n) is 12.9. The molecule has 74 heavy (non-hydrogen) atoms. The fourth-order valence-corrected chi connectivity index (χ4v) is 10.0. The molecule has 8 atom stereocenters. The third kappa shape index (κ3) is 15.2. The van der Waals surface area contributed by atoms with Gasteiger partial charge in [0.2, 0.25) is 33.9 Å². The van der Waals surface area contributed by atoms with E-state index in [1.165, 1.54) is 23.5 Å². The number of hydrogen-bond acceptors (Lipinski definition) is 16. The van der Waals surface area contributed by atoms with Crippen LogP contribution in [0.4, 0.5) is 0 Å². The molecule has 0 bridgehead atoms. The summed E-state index contributed by atoms with van der Waals surface area (Å²) in [6.45, 7) is 8.79. The van der Waals surface area contributed by atoms with E-state index in [0.717, 1.165) is 35.5 Å². The largest absolute Gasteiger partial charge is 0.363 e. The molecule has 2 aliphatic rings. The van der Waals surface area contributed by atoms with Gasteiger partial charge in [0.1, 0.15) is 25.3 Å². The van der Waals surface area contributed by atoms with Crippen molar-refractivity contribution >= 4 is 47.2 Å². The fourth-order valence-electron chi connectivity index (χ4n) is 8.41. The van der Waals surface area contributed by atoms with Gasteiger partial charge in [0.05, 0.1) is 49.5 Å². The number of nitrogens with zero attached hydrogens (tertiary/aromatic N) is 10. The molecule has 3 aromatic carbocycles. The Morgan fingerprint density at radius 1 is 0.622 bits per heavy atom. The molecule has 4 heterocycles. The van der Waals surface area contributed by atoms with Gasteiger partial charge in [-0.05, 0) is 154 Å². The molecule has 5 aromatic rings. The SMILES string of the molecule is CN[C@@H](C)C(=O)N[C@H](C(=O)N1CCC[C@H]1Cn1nnnc1Sc1ccccc1)[C@@H](C)OCC#Cc1cccc(C#CCO[C@@H](C)[C@@H](NC(=O)[C@@H](C)NC)C(=O)N2CCC[C@@H]2Cn2nnnc2Sc2ccccc2)c1. The first kappa shape index (κ1) is 55.1. The predicted molar refractivity (Wildman–Crippen MR) is 278 cm³/mol. The zero-order valence-corrected chi connectivity index (χ0v) is 44.1. The van der Waals surface area contributed by atoms with Crippen molar-refractivity contribution in [1.82, 2.24) is 71.5 Å². The van der Waals surface area contributed by atoms with Crippen LogP contribution in [0, 0.1) is 23.7 Å². The summed E-state index contributed by atoms with van der Waals surface area (Å²) < 4.78 is 15.7. The van der Waals surface area contributed by atoms with Gasteiger partial charge in [0, 0.05) is 34.0 Å². The quantitative estimate of drug-likeness (QED) is 0.0731. The Kier molecular flexibility index (Phi) is 20.5. The van der Waals surface area contributed by atoms with Crippen LogP contribution in [0.5, 0.6) is 0 Å². The van der Waals surface area contributed by atoms with Crippen LogP contribution in [-0.4, -0.2) is 163 Å². The molecule has 0 spiro atoms. The van der Waals surface area contributed by atoms with Crippen molar-refractivity contribution in [3.05, 3.63) is 96.1 Å². The zero-order valence-electron chi connectivity index (χ0n) is 42.5. The van der Waals surface area contributed by atoms with Gasteiger partial charge < -0.3 is 40.5 Å². The van der Waals surface area contributed by atoms with Gasteiger partial charge in [0.25, 0.3) is 0 Å². The number of likely N-dealkylation sites (N-methyl/N-ethyl adjacent to an activating group) is 2. The molecule has 20 nitrogen and oxygen atoms in total. The number of carbonyl (C=O) groups excluding carboxylic acids is 4. The van der Waals surface area contributed by atoms with Crippen LogP contribution in [0.15, 0.2) is 105 Å². The van der Waals surface area contributed by atoms with Crippen molar-refractivity contribution in [2.24, 2.45) is 0 Å². The number of benzene rings is 3. The Morgan fingerprint density at radius 2 is 1.04 bits per heavy atom. The third-order valence-corrected chi connectivity index (χ3v) is 14.8. The highest BCUT2D eigenvalue weighted by atomic mass is 32.2. The lowest BCUT2D eigenvalue weighted by Crippen LogP contribution is -2.58. The maximum Gasteiger partial charge on any atom is 0.248 e. The summed E-state index contributed by atoms with van der Waals surface area (Å²) in [5.41, 5.74) is 1.39. The molecule has 0 saturated carbocycles. The second-order valence-corrected chi connectivity index (χ2v) is 20.1. The number of tetrazole rings is 2. The highest BCUT2D eigenvalue weighted by Gasteiger charge is 2.40. The normalized spacial score (nSPS) is 17.7. The van der Waals surface area contributed by atoms with E-state index in [1.807, 2.05) is 84.9 Å². The maximum absolute atomic E-state index is 14.3. The van der Waals surface area contributed by atoms with Gasteiger partial charge in [-0.15, -0.1) is 10.2 Å². The van der Waals surface area contributed by atoms with E-state index in [2.05, 4.69) is 76.0 Å². The molecule has 2 fully saturated rings. The van der Waals surface area contributed by atoms with Gasteiger partial charge >= 0.3 is 0 Å². The van der Waals surface area contributed by atoms with Crippen LogP contribution in [0.2, 0.25) is 0 Å². The minimum atomic E-state index is -0.976. The lowest BCUT2D eigenvalue weighted by molar-refractivity contribution is -0.142. The van der Waals surface area contributed by atoms with Gasteiger partial charge in [-0.1, -0.05) is 66.1 Å². The molecule has 0 radical (unpaired) electrons. The lowest BCUT2D eigenvalue weighted by Gasteiger charge is -2.32. The Labute approximate surface area is 440 Å². The number of rotatable bonds is 22. The van der Waals surface area contributed by atoms with E-state index in [1.54, 1.807) is 61.0 Å². The highest BCUT2D eigenvalue weighted by molar-refractivity contribution is 7.99. The first-order chi connectivity index (χ1) is 35.9. The summed E-state index contributed by atoms with van der Waals surface area (Å²) in [5.74, 6) is 11.2. The van der Waals surface area contributed by atoms with Gasteiger partial charge in [-0.3, -0.25) is 19.2 Å². The minimum absolute atomic E-state index is 0.00806.